The lowest BCUT2D eigenvalue weighted by molar-refractivity contribution is 0.537. The lowest BCUT2D eigenvalue weighted by atomic mass is 11.2. The van der Waals surface area contributed by atoms with Crippen LogP contribution in [-0.4, -0.2) is 21.0 Å². The third kappa shape index (κ3) is 17.6. The van der Waals surface area contributed by atoms with Gasteiger partial charge in [0, 0.05) is 0 Å². The molecular weight excluding hydrogens is 206 g/mol. The van der Waals surface area contributed by atoms with Gasteiger partial charge in [0.05, 0.1) is 0 Å². The summed E-state index contributed by atoms with van der Waals surface area (Å²) in [6, 6.07) is 0. The zero-order chi connectivity index (χ0) is 9.65. The largest absolute Gasteiger partial charge is 0.425 e. The Labute approximate surface area is 62.6 Å². The van der Waals surface area contributed by atoms with Crippen molar-refractivity contribution in [1.29, 1.82) is 0 Å². The average Bonchev–Trinajstić information content (AvgIpc) is 1.59. The van der Waals surface area contributed by atoms with Gasteiger partial charge in [0.25, 0.3) is 0 Å². The predicted octanol–water partition coefficient (Wildman–Crippen LogP) is -0.278. The zero-order valence-corrected chi connectivity index (χ0v) is 6.45. The molecule has 0 amide bonds. The Kier molecular flexibility index (Phi) is 5.71. The van der Waals surface area contributed by atoms with Gasteiger partial charge in [-0.2, -0.15) is 12.8 Å². The number of hydrogen-bond acceptors (Lipinski definition) is 5. The standard InChI is InChI=1S/C2H2F2O2S.O3S/c1-2(3)7(4,5)6;1-4(2)3/h1H2;. The molecule has 0 N–H and O–H groups in total. The van der Waals surface area contributed by atoms with Gasteiger partial charge < -0.3 is 0 Å². The first-order valence-electron chi connectivity index (χ1n) is 1.73. The highest BCUT2D eigenvalue weighted by Crippen LogP contribution is 2.04. The maximum absolute atomic E-state index is 11.1. The van der Waals surface area contributed by atoms with E-state index in [0.717, 1.165) is 0 Å². The van der Waals surface area contributed by atoms with Crippen LogP contribution in [0.4, 0.5) is 8.28 Å². The monoisotopic (exact) mass is 208 g/mol. The molecule has 5 nitrogen and oxygen atoms in total. The van der Waals surface area contributed by atoms with Crippen LogP contribution >= 0.6 is 0 Å². The van der Waals surface area contributed by atoms with E-state index in [1.54, 1.807) is 0 Å². The van der Waals surface area contributed by atoms with E-state index in [0.29, 0.717) is 0 Å². The molecule has 0 rings (SSSR count). The Hall–Kier alpha value is -0.830. The topological polar surface area (TPSA) is 85.3 Å². The molecule has 0 atom stereocenters. The predicted molar refractivity (Wildman–Crippen MR) is 30.0 cm³/mol. The van der Waals surface area contributed by atoms with Gasteiger partial charge in [-0.15, -0.1) is 12.6 Å². The molecule has 0 aromatic rings. The minimum atomic E-state index is -5.10. The highest BCUT2D eigenvalue weighted by Gasteiger charge is 2.10. The van der Waals surface area contributed by atoms with Gasteiger partial charge >= 0.3 is 20.8 Å². The maximum Gasteiger partial charge on any atom is 0.425 e. The van der Waals surface area contributed by atoms with Crippen molar-refractivity contribution in [2.75, 3.05) is 0 Å². The molecule has 0 saturated carbocycles. The Morgan fingerprint density at radius 3 is 1.36 bits per heavy atom. The van der Waals surface area contributed by atoms with E-state index < -0.39 is 26.0 Å². The van der Waals surface area contributed by atoms with Gasteiger partial charge in [-0.3, -0.25) is 0 Å². The van der Waals surface area contributed by atoms with E-state index in [1.807, 2.05) is 0 Å². The van der Waals surface area contributed by atoms with Crippen molar-refractivity contribution >= 4 is 20.8 Å². The Balaban J connectivity index is 0. The first kappa shape index (κ1) is 12.8. The second kappa shape index (κ2) is 4.91. The fourth-order valence-corrected chi connectivity index (χ4v) is 0. The van der Waals surface area contributed by atoms with Crippen LogP contribution in [0.15, 0.2) is 11.7 Å². The van der Waals surface area contributed by atoms with E-state index >= 15 is 0 Å². The van der Waals surface area contributed by atoms with Crippen LogP contribution in [-0.2, 0) is 20.8 Å². The van der Waals surface area contributed by atoms with Gasteiger partial charge in [0.15, 0.2) is 0 Å². The molecule has 0 fully saturated rings. The molecule has 9 heteroatoms. The summed E-state index contributed by atoms with van der Waals surface area (Å²) in [6.07, 6.45) is 0. The second-order valence-corrected chi connectivity index (χ2v) is 2.72. The van der Waals surface area contributed by atoms with Crippen molar-refractivity contribution in [2.45, 2.75) is 0 Å². The van der Waals surface area contributed by atoms with Crippen molar-refractivity contribution in [2.24, 2.45) is 0 Å². The maximum atomic E-state index is 11.1. The van der Waals surface area contributed by atoms with Gasteiger partial charge in [-0.1, -0.05) is 3.89 Å². The second-order valence-electron chi connectivity index (χ2n) is 0.997. The molecule has 11 heavy (non-hydrogen) atoms. The van der Waals surface area contributed by atoms with E-state index in [1.165, 1.54) is 0 Å². The first-order valence-corrected chi connectivity index (χ1v) is 4.12. The smallest absolute Gasteiger partial charge is 0.192 e. The first-order chi connectivity index (χ1) is 4.68. The average molecular weight is 208 g/mol. The Bertz CT molecular complexity index is 315. The summed E-state index contributed by atoms with van der Waals surface area (Å²) >= 11 is 0. The molecule has 0 aliphatic heterocycles. The van der Waals surface area contributed by atoms with E-state index in [2.05, 4.69) is 6.58 Å². The summed E-state index contributed by atoms with van der Waals surface area (Å²) < 4.78 is 65.8. The summed E-state index contributed by atoms with van der Waals surface area (Å²) in [5, 5.41) is -1.95. The van der Waals surface area contributed by atoms with Crippen molar-refractivity contribution in [3.63, 3.8) is 0 Å². The summed E-state index contributed by atoms with van der Waals surface area (Å²) in [7, 11) is -8.21. The molecule has 0 aliphatic carbocycles. The summed E-state index contributed by atoms with van der Waals surface area (Å²) in [6.45, 7) is 2.20. The van der Waals surface area contributed by atoms with Gasteiger partial charge in [-0.05, 0) is 6.58 Å². The highest BCUT2D eigenvalue weighted by molar-refractivity contribution is 7.90. The van der Waals surface area contributed by atoms with E-state index in [9.17, 15) is 16.7 Å². The van der Waals surface area contributed by atoms with Crippen molar-refractivity contribution < 1.29 is 29.3 Å². The van der Waals surface area contributed by atoms with Crippen molar-refractivity contribution in [1.82, 2.24) is 0 Å². The molecule has 0 bridgehead atoms. The normalized spacial score (nSPS) is 9.27. The lowest BCUT2D eigenvalue weighted by Gasteiger charge is -1.78. The summed E-state index contributed by atoms with van der Waals surface area (Å²) in [5.74, 6) is 0. The van der Waals surface area contributed by atoms with Crippen molar-refractivity contribution in [3.05, 3.63) is 11.7 Å². The molecular formula is C2H2F2O5S2. The molecule has 0 aromatic carbocycles. The van der Waals surface area contributed by atoms with Gasteiger partial charge in [0.1, 0.15) is 0 Å². The Morgan fingerprint density at radius 2 is 1.36 bits per heavy atom. The molecule has 0 spiro atoms. The summed E-state index contributed by atoms with van der Waals surface area (Å²) in [5.41, 5.74) is 0. The highest BCUT2D eigenvalue weighted by atomic mass is 32.3. The molecule has 0 aliphatic rings. The molecule has 0 aromatic heterocycles. The Morgan fingerprint density at radius 1 is 1.27 bits per heavy atom. The lowest BCUT2D eigenvalue weighted by Crippen LogP contribution is -1.85. The van der Waals surface area contributed by atoms with Crippen LogP contribution in [0.25, 0.3) is 0 Å². The molecule has 66 valence electrons. The van der Waals surface area contributed by atoms with Crippen LogP contribution in [0.1, 0.15) is 0 Å². The molecule has 0 heterocycles. The van der Waals surface area contributed by atoms with Gasteiger partial charge in [-0.25, -0.2) is 0 Å². The van der Waals surface area contributed by atoms with Crippen LogP contribution < -0.4 is 0 Å². The quantitative estimate of drug-likeness (QED) is 0.553. The van der Waals surface area contributed by atoms with Crippen LogP contribution in [0.2, 0.25) is 0 Å². The fraction of sp³-hybridized carbons (Fsp3) is 0. The summed E-state index contributed by atoms with van der Waals surface area (Å²) in [4.78, 5) is 0. The minimum Gasteiger partial charge on any atom is -0.192 e. The molecule has 0 saturated heterocycles. The molecule has 0 unspecified atom stereocenters. The van der Waals surface area contributed by atoms with Crippen molar-refractivity contribution in [3.8, 4) is 0 Å². The number of halogens is 2. The fourth-order valence-electron chi connectivity index (χ4n) is 0. The van der Waals surface area contributed by atoms with E-state index in [-0.39, 0.29) is 0 Å². The van der Waals surface area contributed by atoms with Crippen LogP contribution in [0.3, 0.4) is 0 Å². The third-order valence-corrected chi connectivity index (χ3v) is 0.794. The number of hydrogen-bond donors (Lipinski definition) is 0. The minimum absolute atomic E-state index is 1.95. The van der Waals surface area contributed by atoms with Gasteiger partial charge in [0.2, 0.25) is 5.16 Å². The zero-order valence-electron chi connectivity index (χ0n) is 4.82. The molecule has 0 radical (unpaired) electrons. The van der Waals surface area contributed by atoms with Crippen LogP contribution in [0.5, 0.6) is 0 Å². The SMILES string of the molecule is C=C(F)S(=O)(=O)F.O=S(=O)=O. The van der Waals surface area contributed by atoms with Crippen LogP contribution in [0, 0.1) is 0 Å². The number of rotatable bonds is 1. The third-order valence-electron chi connectivity index (χ3n) is 0.265. The van der Waals surface area contributed by atoms with E-state index in [4.69, 9.17) is 12.6 Å².